The first kappa shape index (κ1) is 14.5. The number of nitrogens with zero attached hydrogens (tertiary/aromatic N) is 1. The summed E-state index contributed by atoms with van der Waals surface area (Å²) in [7, 11) is 2.12. The maximum Gasteiger partial charge on any atom is 0.275 e. The topological polar surface area (TPSA) is 67.6 Å². The van der Waals surface area contributed by atoms with Gasteiger partial charge in [-0.25, -0.2) is 5.84 Å². The third-order valence-corrected chi connectivity index (χ3v) is 4.42. The van der Waals surface area contributed by atoms with Crippen LogP contribution in [0.15, 0.2) is 12.1 Å². The maximum atomic E-state index is 11.4. The Kier molecular flexibility index (Phi) is 5.33. The summed E-state index contributed by atoms with van der Waals surface area (Å²) in [5.74, 6) is 5.63. The zero-order valence-electron chi connectivity index (χ0n) is 11.2. The summed E-state index contributed by atoms with van der Waals surface area (Å²) in [5.41, 5.74) is 2.16. The van der Waals surface area contributed by atoms with Crippen LogP contribution >= 0.6 is 11.3 Å². The number of ether oxygens (including phenoxy) is 1. The van der Waals surface area contributed by atoms with Crippen molar-refractivity contribution in [2.24, 2.45) is 11.8 Å². The first-order chi connectivity index (χ1) is 9.19. The van der Waals surface area contributed by atoms with Gasteiger partial charge in [0.1, 0.15) is 0 Å². The second kappa shape index (κ2) is 7.00. The van der Waals surface area contributed by atoms with Gasteiger partial charge in [-0.1, -0.05) is 0 Å². The molecule has 2 rings (SSSR count). The molecule has 0 bridgehead atoms. The van der Waals surface area contributed by atoms with Gasteiger partial charge in [-0.15, -0.1) is 11.3 Å². The number of thiophene rings is 1. The Bertz CT molecular complexity index is 416. The molecule has 0 atom stereocenters. The Hall–Kier alpha value is -0.950. The largest absolute Gasteiger partial charge is 0.381 e. The van der Waals surface area contributed by atoms with E-state index in [-0.39, 0.29) is 5.91 Å². The van der Waals surface area contributed by atoms with Crippen molar-refractivity contribution in [3.05, 3.63) is 21.9 Å². The Morgan fingerprint density at radius 2 is 2.26 bits per heavy atom. The lowest BCUT2D eigenvalue weighted by Gasteiger charge is -2.26. The van der Waals surface area contributed by atoms with Gasteiger partial charge in [0.15, 0.2) is 0 Å². The van der Waals surface area contributed by atoms with Gasteiger partial charge in [-0.2, -0.15) is 0 Å². The normalized spacial score (nSPS) is 16.8. The molecule has 3 N–H and O–H groups in total. The molecule has 0 saturated carbocycles. The molecule has 2 heterocycles. The number of hydrogen-bond acceptors (Lipinski definition) is 5. The lowest BCUT2D eigenvalue weighted by Crippen LogP contribution is -2.29. The van der Waals surface area contributed by atoms with Gasteiger partial charge in [0, 0.05) is 31.2 Å². The fraction of sp³-hybridized carbons (Fsp3) is 0.615. The molecule has 1 aliphatic heterocycles. The molecule has 0 spiro atoms. The number of nitrogens with two attached hydrogens (primary N) is 1. The summed E-state index contributed by atoms with van der Waals surface area (Å²) in [6.45, 7) is 3.73. The highest BCUT2D eigenvalue weighted by Gasteiger charge is 2.16. The Labute approximate surface area is 117 Å². The highest BCUT2D eigenvalue weighted by molar-refractivity contribution is 7.14. The van der Waals surface area contributed by atoms with E-state index in [4.69, 9.17) is 10.6 Å². The van der Waals surface area contributed by atoms with Crippen molar-refractivity contribution < 1.29 is 9.53 Å². The molecule has 0 aromatic carbocycles. The van der Waals surface area contributed by atoms with Crippen LogP contribution in [0.3, 0.4) is 0 Å². The standard InChI is InChI=1S/C13H21N3O2S/c1-16(8-10-4-6-18-7-5-10)9-11-2-3-12(19-11)13(17)15-14/h2-3,10H,4-9,14H2,1H3,(H,15,17). The fourth-order valence-corrected chi connectivity index (χ4v) is 3.35. The van der Waals surface area contributed by atoms with Crippen LogP contribution in [0.4, 0.5) is 0 Å². The lowest BCUT2D eigenvalue weighted by atomic mass is 10.00. The predicted octanol–water partition coefficient (Wildman–Crippen LogP) is 1.21. The SMILES string of the molecule is CN(Cc1ccc(C(=O)NN)s1)CC1CCOCC1. The highest BCUT2D eigenvalue weighted by Crippen LogP contribution is 2.20. The second-order valence-electron chi connectivity index (χ2n) is 4.99. The smallest absolute Gasteiger partial charge is 0.275 e. The van der Waals surface area contributed by atoms with E-state index in [1.807, 2.05) is 12.1 Å². The van der Waals surface area contributed by atoms with Crippen LogP contribution in [0.25, 0.3) is 0 Å². The molecule has 1 fully saturated rings. The number of nitrogen functional groups attached to an aromatic ring is 1. The number of hydrazine groups is 1. The maximum absolute atomic E-state index is 11.4. The minimum atomic E-state index is -0.219. The molecule has 19 heavy (non-hydrogen) atoms. The van der Waals surface area contributed by atoms with E-state index in [2.05, 4.69) is 17.4 Å². The van der Waals surface area contributed by atoms with Crippen molar-refractivity contribution >= 4 is 17.2 Å². The summed E-state index contributed by atoms with van der Waals surface area (Å²) < 4.78 is 5.37. The number of amides is 1. The first-order valence-corrected chi connectivity index (χ1v) is 7.36. The van der Waals surface area contributed by atoms with E-state index in [9.17, 15) is 4.79 Å². The summed E-state index contributed by atoms with van der Waals surface area (Å²) in [4.78, 5) is 15.5. The van der Waals surface area contributed by atoms with Crippen LogP contribution < -0.4 is 11.3 Å². The minimum Gasteiger partial charge on any atom is -0.381 e. The molecule has 5 nitrogen and oxygen atoms in total. The first-order valence-electron chi connectivity index (χ1n) is 6.55. The Morgan fingerprint density at radius 1 is 1.53 bits per heavy atom. The van der Waals surface area contributed by atoms with Crippen molar-refractivity contribution in [1.82, 2.24) is 10.3 Å². The number of carbonyl (C=O) groups excluding carboxylic acids is 1. The van der Waals surface area contributed by atoms with Gasteiger partial charge in [0.2, 0.25) is 0 Å². The molecule has 0 aliphatic carbocycles. The zero-order valence-corrected chi connectivity index (χ0v) is 12.0. The summed E-state index contributed by atoms with van der Waals surface area (Å²) >= 11 is 1.50. The molecular formula is C13H21N3O2S. The molecule has 0 radical (unpaired) electrons. The van der Waals surface area contributed by atoms with Crippen LogP contribution in [-0.4, -0.2) is 37.6 Å². The average Bonchev–Trinajstić information content (AvgIpc) is 2.87. The molecule has 0 unspecified atom stereocenters. The molecule has 1 aromatic heterocycles. The van der Waals surface area contributed by atoms with Crippen molar-refractivity contribution in [3.63, 3.8) is 0 Å². The van der Waals surface area contributed by atoms with Crippen LogP contribution in [-0.2, 0) is 11.3 Å². The van der Waals surface area contributed by atoms with E-state index in [1.165, 1.54) is 16.2 Å². The van der Waals surface area contributed by atoms with E-state index >= 15 is 0 Å². The summed E-state index contributed by atoms with van der Waals surface area (Å²) in [6, 6.07) is 3.82. The summed E-state index contributed by atoms with van der Waals surface area (Å²) in [5, 5.41) is 0. The predicted molar refractivity (Wildman–Crippen MR) is 75.8 cm³/mol. The van der Waals surface area contributed by atoms with Gasteiger partial charge in [0.05, 0.1) is 4.88 Å². The highest BCUT2D eigenvalue weighted by atomic mass is 32.1. The van der Waals surface area contributed by atoms with E-state index < -0.39 is 0 Å². The molecule has 1 amide bonds. The molecule has 1 aliphatic rings. The van der Waals surface area contributed by atoms with Crippen molar-refractivity contribution in [2.75, 3.05) is 26.8 Å². The van der Waals surface area contributed by atoms with Crippen molar-refractivity contribution in [1.29, 1.82) is 0 Å². The molecule has 1 aromatic rings. The summed E-state index contributed by atoms with van der Waals surface area (Å²) in [6.07, 6.45) is 2.30. The van der Waals surface area contributed by atoms with Crippen molar-refractivity contribution in [2.45, 2.75) is 19.4 Å². The molecular weight excluding hydrogens is 262 g/mol. The molecule has 1 saturated heterocycles. The number of hydrogen-bond donors (Lipinski definition) is 2. The minimum absolute atomic E-state index is 0.219. The van der Waals surface area contributed by atoms with E-state index in [0.717, 1.165) is 45.1 Å². The monoisotopic (exact) mass is 283 g/mol. The van der Waals surface area contributed by atoms with Crippen LogP contribution in [0.1, 0.15) is 27.4 Å². The van der Waals surface area contributed by atoms with Gasteiger partial charge in [-0.05, 0) is 37.9 Å². The number of nitrogens with one attached hydrogen (secondary N) is 1. The van der Waals surface area contributed by atoms with Gasteiger partial charge < -0.3 is 9.64 Å². The van der Waals surface area contributed by atoms with E-state index in [1.54, 1.807) is 0 Å². The van der Waals surface area contributed by atoms with Crippen LogP contribution in [0, 0.1) is 5.92 Å². The lowest BCUT2D eigenvalue weighted by molar-refractivity contribution is 0.0550. The average molecular weight is 283 g/mol. The van der Waals surface area contributed by atoms with Crippen LogP contribution in [0.5, 0.6) is 0 Å². The quantitative estimate of drug-likeness (QED) is 0.484. The zero-order chi connectivity index (χ0) is 13.7. The Morgan fingerprint density at radius 3 is 2.95 bits per heavy atom. The third-order valence-electron chi connectivity index (χ3n) is 3.35. The fourth-order valence-electron chi connectivity index (χ4n) is 2.36. The molecule has 6 heteroatoms. The number of rotatable bonds is 5. The number of carbonyl (C=O) groups is 1. The van der Waals surface area contributed by atoms with Gasteiger partial charge in [-0.3, -0.25) is 10.2 Å². The van der Waals surface area contributed by atoms with E-state index in [0.29, 0.717) is 4.88 Å². The van der Waals surface area contributed by atoms with Gasteiger partial charge in [0.25, 0.3) is 5.91 Å². The molecule has 106 valence electrons. The van der Waals surface area contributed by atoms with Crippen LogP contribution in [0.2, 0.25) is 0 Å². The van der Waals surface area contributed by atoms with Gasteiger partial charge >= 0.3 is 0 Å². The third kappa shape index (κ3) is 4.28. The van der Waals surface area contributed by atoms with Crippen molar-refractivity contribution in [3.8, 4) is 0 Å². The second-order valence-corrected chi connectivity index (χ2v) is 6.16. The Balaban J connectivity index is 1.82.